The van der Waals surface area contributed by atoms with Crippen LogP contribution in [-0.4, -0.2) is 41.5 Å². The molecule has 0 unspecified atom stereocenters. The van der Waals surface area contributed by atoms with Crippen molar-refractivity contribution in [3.63, 3.8) is 0 Å². The predicted octanol–water partition coefficient (Wildman–Crippen LogP) is 2.87. The van der Waals surface area contributed by atoms with Crippen molar-refractivity contribution >= 4 is 28.3 Å². The number of ether oxygens (including phenoxy) is 1. The third kappa shape index (κ3) is 3.47. The standard InChI is InChI=1S/C21H18ClN7O2/c1-31-11-16-18(13-2-4-14(22)5-3-13)20-26-25-19-17(29(20)27-16)7-9-28(21(19)30)8-6-15-10-23-12-24-15/h2-5,7,9-10,12H,6,8,11H2,1H3,(H,23,24). The first-order valence-corrected chi connectivity index (χ1v) is 10.0. The minimum atomic E-state index is -0.219. The fourth-order valence-electron chi connectivity index (χ4n) is 3.62. The molecular weight excluding hydrogens is 418 g/mol. The largest absolute Gasteiger partial charge is 0.378 e. The molecule has 0 saturated heterocycles. The first-order valence-electron chi connectivity index (χ1n) is 9.65. The summed E-state index contributed by atoms with van der Waals surface area (Å²) in [6.45, 7) is 0.796. The number of aromatic amines is 1. The van der Waals surface area contributed by atoms with E-state index in [-0.39, 0.29) is 11.1 Å². The third-order valence-electron chi connectivity index (χ3n) is 5.12. The summed E-state index contributed by atoms with van der Waals surface area (Å²) in [5.41, 5.74) is 4.54. The van der Waals surface area contributed by atoms with Gasteiger partial charge in [0.25, 0.3) is 5.56 Å². The second-order valence-electron chi connectivity index (χ2n) is 7.07. The number of benzene rings is 1. The van der Waals surface area contributed by atoms with E-state index in [0.29, 0.717) is 41.5 Å². The SMILES string of the molecule is COCc1nn2c(nnc3c(=O)n(CCc4cnc[nH]4)ccc32)c1-c1ccc(Cl)cc1. The van der Waals surface area contributed by atoms with Crippen molar-refractivity contribution in [1.82, 2.24) is 34.3 Å². The molecule has 0 aliphatic heterocycles. The Balaban J connectivity index is 1.64. The van der Waals surface area contributed by atoms with Crippen LogP contribution in [0.1, 0.15) is 11.4 Å². The molecule has 0 aliphatic carbocycles. The molecular formula is C21H18ClN7O2. The monoisotopic (exact) mass is 435 g/mol. The number of hydrogen-bond donors (Lipinski definition) is 1. The molecule has 31 heavy (non-hydrogen) atoms. The van der Waals surface area contributed by atoms with Crippen LogP contribution in [0.3, 0.4) is 0 Å². The fraction of sp³-hybridized carbons (Fsp3) is 0.190. The average Bonchev–Trinajstić information content (AvgIpc) is 3.42. The molecule has 10 heteroatoms. The number of nitrogens with zero attached hydrogens (tertiary/aromatic N) is 6. The molecule has 1 aromatic carbocycles. The van der Waals surface area contributed by atoms with Crippen molar-refractivity contribution in [3.8, 4) is 11.1 Å². The number of fused-ring (bicyclic) bond motifs is 3. The van der Waals surface area contributed by atoms with Crippen LogP contribution in [-0.2, 0) is 24.3 Å². The molecule has 0 saturated carbocycles. The number of methoxy groups -OCH3 is 1. The van der Waals surface area contributed by atoms with E-state index >= 15 is 0 Å². The molecule has 0 aliphatic rings. The maximum absolute atomic E-state index is 13.0. The zero-order valence-corrected chi connectivity index (χ0v) is 17.4. The Hall–Kier alpha value is -3.56. The zero-order chi connectivity index (χ0) is 21.4. The number of aryl methyl sites for hydroxylation is 2. The number of nitrogens with one attached hydrogen (secondary N) is 1. The minimum absolute atomic E-state index is 0.219. The van der Waals surface area contributed by atoms with Crippen LogP contribution < -0.4 is 5.56 Å². The van der Waals surface area contributed by atoms with Gasteiger partial charge in [-0.1, -0.05) is 23.7 Å². The second-order valence-corrected chi connectivity index (χ2v) is 7.51. The van der Waals surface area contributed by atoms with Crippen molar-refractivity contribution in [3.05, 3.63) is 75.8 Å². The number of H-pyrrole nitrogens is 1. The Morgan fingerprint density at radius 2 is 2.00 bits per heavy atom. The number of pyridine rings is 1. The fourth-order valence-corrected chi connectivity index (χ4v) is 3.74. The van der Waals surface area contributed by atoms with Gasteiger partial charge in [-0.05, 0) is 23.8 Å². The molecule has 0 amide bonds. The maximum atomic E-state index is 13.0. The van der Waals surface area contributed by atoms with E-state index in [9.17, 15) is 4.79 Å². The van der Waals surface area contributed by atoms with E-state index in [0.717, 1.165) is 16.8 Å². The van der Waals surface area contributed by atoms with Gasteiger partial charge in [-0.25, -0.2) is 9.50 Å². The normalized spacial score (nSPS) is 11.5. The highest BCUT2D eigenvalue weighted by Gasteiger charge is 2.19. The van der Waals surface area contributed by atoms with Gasteiger partial charge in [-0.3, -0.25) is 4.79 Å². The Bertz CT molecular complexity index is 1420. The summed E-state index contributed by atoms with van der Waals surface area (Å²) in [7, 11) is 1.61. The highest BCUT2D eigenvalue weighted by molar-refractivity contribution is 6.30. The molecule has 156 valence electrons. The third-order valence-corrected chi connectivity index (χ3v) is 5.37. The Kier molecular flexibility index (Phi) is 4.97. The van der Waals surface area contributed by atoms with Crippen molar-refractivity contribution in [2.45, 2.75) is 19.6 Å². The molecule has 5 rings (SSSR count). The molecule has 5 aromatic rings. The van der Waals surface area contributed by atoms with Crippen LogP contribution in [0.2, 0.25) is 5.02 Å². The summed E-state index contributed by atoms with van der Waals surface area (Å²) in [6.07, 6.45) is 5.77. The van der Waals surface area contributed by atoms with Crippen LogP contribution in [0.5, 0.6) is 0 Å². The lowest BCUT2D eigenvalue weighted by molar-refractivity contribution is 0.181. The van der Waals surface area contributed by atoms with Crippen LogP contribution in [0, 0.1) is 0 Å². The zero-order valence-electron chi connectivity index (χ0n) is 16.6. The van der Waals surface area contributed by atoms with Crippen LogP contribution >= 0.6 is 11.6 Å². The van der Waals surface area contributed by atoms with Gasteiger partial charge in [0, 0.05) is 43.2 Å². The summed E-state index contributed by atoms with van der Waals surface area (Å²) in [5, 5.41) is 13.9. The van der Waals surface area contributed by atoms with E-state index < -0.39 is 0 Å². The van der Waals surface area contributed by atoms with E-state index in [1.165, 1.54) is 0 Å². The molecule has 0 fully saturated rings. The van der Waals surface area contributed by atoms with E-state index in [4.69, 9.17) is 16.3 Å². The summed E-state index contributed by atoms with van der Waals surface area (Å²) in [6, 6.07) is 9.25. The Morgan fingerprint density at radius 3 is 2.74 bits per heavy atom. The van der Waals surface area contributed by atoms with E-state index in [1.807, 2.05) is 30.3 Å². The highest BCUT2D eigenvalue weighted by atomic mass is 35.5. The number of aromatic nitrogens is 7. The lowest BCUT2D eigenvalue weighted by atomic mass is 10.1. The molecule has 0 bridgehead atoms. The molecule has 1 N–H and O–H groups in total. The van der Waals surface area contributed by atoms with Crippen LogP contribution in [0.4, 0.5) is 0 Å². The van der Waals surface area contributed by atoms with E-state index in [1.54, 1.807) is 34.9 Å². The first-order chi connectivity index (χ1) is 15.2. The second kappa shape index (κ2) is 7.93. The number of hydrogen-bond acceptors (Lipinski definition) is 6. The first kappa shape index (κ1) is 19.4. The summed E-state index contributed by atoms with van der Waals surface area (Å²) < 4.78 is 8.61. The predicted molar refractivity (Wildman–Crippen MR) is 116 cm³/mol. The molecule has 0 radical (unpaired) electrons. The van der Waals surface area contributed by atoms with Gasteiger partial charge in [-0.15, -0.1) is 10.2 Å². The lowest BCUT2D eigenvalue weighted by Crippen LogP contribution is -2.22. The molecule has 4 aromatic heterocycles. The highest BCUT2D eigenvalue weighted by Crippen LogP contribution is 2.30. The van der Waals surface area contributed by atoms with Crippen molar-refractivity contribution in [2.75, 3.05) is 7.11 Å². The summed E-state index contributed by atoms with van der Waals surface area (Å²) in [4.78, 5) is 20.1. The van der Waals surface area contributed by atoms with Gasteiger partial charge in [-0.2, -0.15) is 5.10 Å². The molecule has 0 spiro atoms. The van der Waals surface area contributed by atoms with E-state index in [2.05, 4.69) is 25.3 Å². The summed E-state index contributed by atoms with van der Waals surface area (Å²) in [5.74, 6) is 0. The topological polar surface area (TPSA) is 103 Å². The van der Waals surface area contributed by atoms with Crippen molar-refractivity contribution in [2.24, 2.45) is 0 Å². The van der Waals surface area contributed by atoms with Gasteiger partial charge < -0.3 is 14.3 Å². The van der Waals surface area contributed by atoms with Crippen molar-refractivity contribution in [1.29, 1.82) is 0 Å². The van der Waals surface area contributed by atoms with Crippen LogP contribution in [0.25, 0.3) is 27.8 Å². The average molecular weight is 436 g/mol. The van der Waals surface area contributed by atoms with Crippen LogP contribution in [0.15, 0.2) is 53.8 Å². The van der Waals surface area contributed by atoms with Gasteiger partial charge in [0.1, 0.15) is 5.52 Å². The lowest BCUT2D eigenvalue weighted by Gasteiger charge is -2.07. The molecule has 4 heterocycles. The maximum Gasteiger partial charge on any atom is 0.280 e. The van der Waals surface area contributed by atoms with Gasteiger partial charge in [0.15, 0.2) is 11.2 Å². The summed E-state index contributed by atoms with van der Waals surface area (Å²) >= 11 is 6.04. The minimum Gasteiger partial charge on any atom is -0.378 e. The Morgan fingerprint density at radius 1 is 1.16 bits per heavy atom. The van der Waals surface area contributed by atoms with Gasteiger partial charge in [0.05, 0.1) is 24.2 Å². The number of rotatable bonds is 6. The number of halogens is 1. The Labute approximate surface area is 181 Å². The van der Waals surface area contributed by atoms with Gasteiger partial charge in [0.2, 0.25) is 0 Å². The number of imidazole rings is 1. The quantitative estimate of drug-likeness (QED) is 0.440. The molecule has 0 atom stereocenters. The molecule has 9 nitrogen and oxygen atoms in total. The smallest absolute Gasteiger partial charge is 0.280 e. The van der Waals surface area contributed by atoms with Gasteiger partial charge >= 0.3 is 0 Å². The van der Waals surface area contributed by atoms with Crippen molar-refractivity contribution < 1.29 is 4.74 Å².